The fourth-order valence-corrected chi connectivity index (χ4v) is 4.36. The highest BCUT2D eigenvalue weighted by atomic mass is 35.5. The zero-order chi connectivity index (χ0) is 17.5. The van der Waals surface area contributed by atoms with Gasteiger partial charge in [-0.3, -0.25) is 4.98 Å². The molecule has 5 rings (SSSR count). The lowest BCUT2D eigenvalue weighted by atomic mass is 10.1. The standard InChI is InChI=1S/C19H14ClN5S/c20-17-7-6-16(26-17)15-5-8-18-22-23-19(25(18)24-15)11-12-3-4-14-13(10-12)2-1-9-21-14/h1-6,8-10,17H,7,11H2. The molecule has 0 radical (unpaired) electrons. The fourth-order valence-electron chi connectivity index (χ4n) is 3.09. The van der Waals surface area contributed by atoms with Crippen molar-refractivity contribution in [3.05, 3.63) is 71.8 Å². The van der Waals surface area contributed by atoms with Crippen LogP contribution in [0.15, 0.2) is 54.7 Å². The highest BCUT2D eigenvalue weighted by molar-refractivity contribution is 8.10. The molecule has 1 atom stereocenters. The second kappa shape index (κ2) is 6.37. The zero-order valence-corrected chi connectivity index (χ0v) is 15.3. The van der Waals surface area contributed by atoms with Crippen molar-refractivity contribution in [1.29, 1.82) is 0 Å². The zero-order valence-electron chi connectivity index (χ0n) is 13.7. The predicted octanol–water partition coefficient (Wildman–Crippen LogP) is 4.31. The summed E-state index contributed by atoms with van der Waals surface area (Å²) in [5.74, 6) is 0.816. The second-order valence-corrected chi connectivity index (χ2v) is 8.17. The monoisotopic (exact) mass is 379 g/mol. The maximum Gasteiger partial charge on any atom is 0.177 e. The Balaban J connectivity index is 1.51. The molecule has 0 N–H and O–H groups in total. The van der Waals surface area contributed by atoms with E-state index in [1.165, 1.54) is 0 Å². The van der Waals surface area contributed by atoms with Gasteiger partial charge >= 0.3 is 0 Å². The van der Waals surface area contributed by atoms with Crippen molar-refractivity contribution in [3.8, 4) is 0 Å². The number of rotatable bonds is 3. The van der Waals surface area contributed by atoms with E-state index in [2.05, 4.69) is 39.5 Å². The van der Waals surface area contributed by atoms with Crippen LogP contribution in [0.4, 0.5) is 0 Å². The van der Waals surface area contributed by atoms with Crippen LogP contribution in [0, 0.1) is 0 Å². The van der Waals surface area contributed by atoms with Crippen molar-refractivity contribution in [2.45, 2.75) is 17.6 Å². The molecule has 7 heteroatoms. The van der Waals surface area contributed by atoms with Gasteiger partial charge in [0.15, 0.2) is 11.5 Å². The van der Waals surface area contributed by atoms with E-state index in [-0.39, 0.29) is 4.71 Å². The van der Waals surface area contributed by atoms with E-state index in [4.69, 9.17) is 16.7 Å². The molecule has 0 fully saturated rings. The summed E-state index contributed by atoms with van der Waals surface area (Å²) in [7, 11) is 0. The maximum atomic E-state index is 6.19. The molecule has 26 heavy (non-hydrogen) atoms. The van der Waals surface area contributed by atoms with Gasteiger partial charge in [-0.2, -0.15) is 9.61 Å². The highest BCUT2D eigenvalue weighted by Gasteiger charge is 2.18. The summed E-state index contributed by atoms with van der Waals surface area (Å²) >= 11 is 7.83. The third kappa shape index (κ3) is 2.85. The Morgan fingerprint density at radius 1 is 1.15 bits per heavy atom. The minimum atomic E-state index is 0.0917. The molecule has 4 aromatic rings. The second-order valence-electron chi connectivity index (χ2n) is 6.14. The van der Waals surface area contributed by atoms with Gasteiger partial charge in [-0.25, -0.2) is 0 Å². The number of hydrogen-bond acceptors (Lipinski definition) is 5. The number of alkyl halides is 1. The minimum absolute atomic E-state index is 0.0917. The Hall–Kier alpha value is -2.44. The molecule has 1 unspecified atom stereocenters. The van der Waals surface area contributed by atoms with Crippen LogP contribution < -0.4 is 0 Å². The number of benzene rings is 1. The van der Waals surface area contributed by atoms with Gasteiger partial charge in [0.2, 0.25) is 0 Å². The number of fused-ring (bicyclic) bond motifs is 2. The molecule has 0 amide bonds. The van der Waals surface area contributed by atoms with E-state index in [9.17, 15) is 0 Å². The summed E-state index contributed by atoms with van der Waals surface area (Å²) in [4.78, 5) is 5.48. The Bertz CT molecular complexity index is 1150. The quantitative estimate of drug-likeness (QED) is 0.496. The molecule has 1 aliphatic rings. The van der Waals surface area contributed by atoms with E-state index in [1.807, 2.05) is 28.8 Å². The van der Waals surface area contributed by atoms with Crippen LogP contribution in [0.2, 0.25) is 0 Å². The van der Waals surface area contributed by atoms with Crippen molar-refractivity contribution >= 4 is 44.8 Å². The number of allylic oxidation sites excluding steroid dienone is 1. The first-order valence-corrected chi connectivity index (χ1v) is 9.64. The van der Waals surface area contributed by atoms with Crippen LogP contribution in [0.3, 0.4) is 0 Å². The molecular formula is C19H14ClN5S. The lowest BCUT2D eigenvalue weighted by molar-refractivity contribution is 0.833. The molecule has 128 valence electrons. The Labute approximate surface area is 159 Å². The minimum Gasteiger partial charge on any atom is -0.256 e. The van der Waals surface area contributed by atoms with Crippen LogP contribution in [-0.4, -0.2) is 29.5 Å². The molecule has 3 aromatic heterocycles. The number of nitrogens with zero attached hydrogens (tertiary/aromatic N) is 5. The van der Waals surface area contributed by atoms with Crippen molar-refractivity contribution in [2.75, 3.05) is 0 Å². The van der Waals surface area contributed by atoms with Gasteiger partial charge in [0.05, 0.1) is 15.9 Å². The molecule has 4 heterocycles. The Morgan fingerprint density at radius 3 is 3.00 bits per heavy atom. The van der Waals surface area contributed by atoms with Gasteiger partial charge < -0.3 is 0 Å². The Kier molecular flexibility index (Phi) is 3.87. The van der Waals surface area contributed by atoms with Crippen molar-refractivity contribution in [3.63, 3.8) is 0 Å². The van der Waals surface area contributed by atoms with E-state index in [0.29, 0.717) is 6.42 Å². The number of halogens is 1. The van der Waals surface area contributed by atoms with E-state index in [1.54, 1.807) is 18.0 Å². The first-order chi connectivity index (χ1) is 12.8. The van der Waals surface area contributed by atoms with Crippen LogP contribution in [0.1, 0.15) is 23.5 Å². The van der Waals surface area contributed by atoms with Crippen LogP contribution >= 0.6 is 23.4 Å². The summed E-state index contributed by atoms with van der Waals surface area (Å²) in [6.07, 6.45) is 5.46. The van der Waals surface area contributed by atoms with Gasteiger partial charge in [0.25, 0.3) is 0 Å². The van der Waals surface area contributed by atoms with Crippen LogP contribution in [-0.2, 0) is 6.42 Å². The molecule has 5 nitrogen and oxygen atoms in total. The molecule has 0 bridgehead atoms. The third-order valence-electron chi connectivity index (χ3n) is 4.35. The Morgan fingerprint density at radius 2 is 2.12 bits per heavy atom. The van der Waals surface area contributed by atoms with E-state index in [0.717, 1.165) is 45.0 Å². The lowest BCUT2D eigenvalue weighted by Crippen LogP contribution is -2.02. The summed E-state index contributed by atoms with van der Waals surface area (Å²) in [5.41, 5.74) is 3.80. The van der Waals surface area contributed by atoms with E-state index < -0.39 is 0 Å². The first-order valence-electron chi connectivity index (χ1n) is 8.32. The molecule has 1 aliphatic heterocycles. The fraction of sp³-hybridized carbons (Fsp3) is 0.158. The van der Waals surface area contributed by atoms with Gasteiger partial charge in [-0.1, -0.05) is 18.2 Å². The normalized spacial score (nSPS) is 17.1. The molecule has 0 saturated carbocycles. The maximum absolute atomic E-state index is 6.19. The van der Waals surface area contributed by atoms with Crippen molar-refractivity contribution in [2.24, 2.45) is 0 Å². The number of thioether (sulfide) groups is 1. The van der Waals surface area contributed by atoms with Gasteiger partial charge in [0.1, 0.15) is 0 Å². The number of aromatic nitrogens is 5. The number of hydrogen-bond donors (Lipinski definition) is 0. The van der Waals surface area contributed by atoms with Crippen molar-refractivity contribution in [1.82, 2.24) is 24.8 Å². The predicted molar refractivity (Wildman–Crippen MR) is 105 cm³/mol. The average Bonchev–Trinajstić information content (AvgIpc) is 3.28. The average molecular weight is 380 g/mol. The summed E-state index contributed by atoms with van der Waals surface area (Å²) < 4.78 is 1.92. The molecule has 0 spiro atoms. The summed E-state index contributed by atoms with van der Waals surface area (Å²) in [6.45, 7) is 0. The molecule has 1 aromatic carbocycles. The van der Waals surface area contributed by atoms with Gasteiger partial charge in [0, 0.05) is 22.9 Å². The van der Waals surface area contributed by atoms with Gasteiger partial charge in [-0.15, -0.1) is 33.6 Å². The van der Waals surface area contributed by atoms with Crippen molar-refractivity contribution < 1.29 is 0 Å². The third-order valence-corrected chi connectivity index (χ3v) is 5.88. The van der Waals surface area contributed by atoms with Crippen LogP contribution in [0.25, 0.3) is 21.5 Å². The number of pyridine rings is 1. The van der Waals surface area contributed by atoms with E-state index >= 15 is 0 Å². The largest absolute Gasteiger partial charge is 0.256 e. The van der Waals surface area contributed by atoms with Crippen LogP contribution in [0.5, 0.6) is 0 Å². The molecule has 0 aliphatic carbocycles. The molecular weight excluding hydrogens is 366 g/mol. The smallest absolute Gasteiger partial charge is 0.177 e. The highest BCUT2D eigenvalue weighted by Crippen LogP contribution is 2.40. The topological polar surface area (TPSA) is 56.0 Å². The first kappa shape index (κ1) is 15.8. The summed E-state index contributed by atoms with van der Waals surface area (Å²) in [6, 6.07) is 14.2. The lowest BCUT2D eigenvalue weighted by Gasteiger charge is -2.05. The summed E-state index contributed by atoms with van der Waals surface area (Å²) in [5, 5.41) is 14.4. The SMILES string of the molecule is ClC1CC=C(c2ccc3nnc(Cc4ccc5ncccc5c4)n3n2)S1. The molecule has 0 saturated heterocycles. The van der Waals surface area contributed by atoms with Gasteiger partial charge in [-0.05, 0) is 42.3 Å².